The van der Waals surface area contributed by atoms with Crippen LogP contribution < -0.4 is 0 Å². The molecule has 2 aromatic heterocycles. The van der Waals surface area contributed by atoms with Gasteiger partial charge in [0.1, 0.15) is 18.0 Å². The van der Waals surface area contributed by atoms with Gasteiger partial charge in [0.05, 0.1) is 0 Å². The molecule has 0 fully saturated rings. The van der Waals surface area contributed by atoms with E-state index < -0.39 is 0 Å². The number of nitrogens with zero attached hydrogens (tertiary/aromatic N) is 1. The Morgan fingerprint density at radius 3 is 2.74 bits per heavy atom. The molecule has 0 saturated carbocycles. The molecule has 3 rings (SSSR count). The Kier molecular flexibility index (Phi) is 4.20. The second-order valence-electron chi connectivity index (χ2n) is 4.24. The zero-order valence-electron chi connectivity index (χ0n) is 10.2. The quantitative estimate of drug-likeness (QED) is 0.797. The van der Waals surface area contributed by atoms with Crippen LogP contribution >= 0.6 is 12.4 Å². The molecule has 0 bridgehead atoms. The van der Waals surface area contributed by atoms with Crippen molar-refractivity contribution in [2.45, 2.75) is 13.0 Å². The fourth-order valence-electron chi connectivity index (χ4n) is 2.05. The molecule has 0 radical (unpaired) electrons. The highest BCUT2D eigenvalue weighted by molar-refractivity contribution is 5.85. The summed E-state index contributed by atoms with van der Waals surface area (Å²) in [6.45, 7) is -0.0652. The van der Waals surface area contributed by atoms with Crippen LogP contribution in [0.3, 0.4) is 0 Å². The topological polar surface area (TPSA) is 46.3 Å². The number of aromatic nitrogens is 1. The molecule has 0 spiro atoms. The molecular weight excluding hydrogens is 262 g/mol. The molecule has 19 heavy (non-hydrogen) atoms. The first-order valence-corrected chi connectivity index (χ1v) is 5.87. The summed E-state index contributed by atoms with van der Waals surface area (Å²) >= 11 is 0. The fourth-order valence-corrected chi connectivity index (χ4v) is 2.05. The fraction of sp³-hybridized carbons (Fsp3) is 0.133. The minimum absolute atomic E-state index is 0. The third-order valence-electron chi connectivity index (χ3n) is 2.90. The molecule has 0 unspecified atom stereocenters. The Bertz CT molecular complexity index is 664. The number of aliphatic hydroxyl groups excluding tert-OH is 1. The molecule has 0 aliphatic carbocycles. The number of pyridine rings is 1. The van der Waals surface area contributed by atoms with Gasteiger partial charge in [0.2, 0.25) is 0 Å². The number of benzene rings is 1. The molecule has 2 heterocycles. The Labute approximate surface area is 117 Å². The summed E-state index contributed by atoms with van der Waals surface area (Å²) in [7, 11) is 0. The average Bonchev–Trinajstić information content (AvgIpc) is 2.82. The maximum atomic E-state index is 9.04. The molecule has 0 aliphatic heterocycles. The van der Waals surface area contributed by atoms with Crippen LogP contribution in [0.5, 0.6) is 0 Å². The van der Waals surface area contributed by atoms with Gasteiger partial charge in [0.25, 0.3) is 0 Å². The van der Waals surface area contributed by atoms with Gasteiger partial charge in [-0.3, -0.25) is 4.98 Å². The maximum Gasteiger partial charge on any atom is 0.134 e. The van der Waals surface area contributed by atoms with Gasteiger partial charge in [-0.2, -0.15) is 0 Å². The van der Waals surface area contributed by atoms with E-state index in [0.29, 0.717) is 5.76 Å². The first-order valence-electron chi connectivity index (χ1n) is 5.87. The molecule has 4 heteroatoms. The van der Waals surface area contributed by atoms with Crippen molar-refractivity contribution in [3.05, 3.63) is 65.7 Å². The van der Waals surface area contributed by atoms with E-state index >= 15 is 0 Å². The lowest BCUT2D eigenvalue weighted by molar-refractivity contribution is 0.251. The van der Waals surface area contributed by atoms with E-state index in [0.717, 1.165) is 23.1 Å². The summed E-state index contributed by atoms with van der Waals surface area (Å²) in [6, 6.07) is 13.8. The molecular formula is C15H14ClNO2. The van der Waals surface area contributed by atoms with Crippen LogP contribution in [0.4, 0.5) is 0 Å². The van der Waals surface area contributed by atoms with Crippen LogP contribution in [0.25, 0.3) is 11.0 Å². The molecule has 0 amide bonds. The zero-order chi connectivity index (χ0) is 12.4. The lowest BCUT2D eigenvalue weighted by Crippen LogP contribution is -1.90. The summed E-state index contributed by atoms with van der Waals surface area (Å²) in [4.78, 5) is 4.31. The van der Waals surface area contributed by atoms with Crippen molar-refractivity contribution in [3.8, 4) is 0 Å². The van der Waals surface area contributed by atoms with Gasteiger partial charge in [-0.25, -0.2) is 0 Å². The van der Waals surface area contributed by atoms with Gasteiger partial charge < -0.3 is 9.52 Å². The van der Waals surface area contributed by atoms with Gasteiger partial charge >= 0.3 is 0 Å². The lowest BCUT2D eigenvalue weighted by Gasteiger charge is -2.00. The van der Waals surface area contributed by atoms with Crippen LogP contribution in [0.1, 0.15) is 17.0 Å². The second kappa shape index (κ2) is 5.87. The lowest BCUT2D eigenvalue weighted by atomic mass is 10.1. The largest absolute Gasteiger partial charge is 0.459 e. The predicted octanol–water partition coefficient (Wildman–Crippen LogP) is 3.33. The molecule has 98 valence electrons. The molecule has 0 saturated heterocycles. The smallest absolute Gasteiger partial charge is 0.134 e. The van der Waals surface area contributed by atoms with Crippen LogP contribution in [0.2, 0.25) is 0 Å². The second-order valence-corrected chi connectivity index (χ2v) is 4.24. The van der Waals surface area contributed by atoms with E-state index in [4.69, 9.17) is 9.52 Å². The van der Waals surface area contributed by atoms with Crippen molar-refractivity contribution in [3.63, 3.8) is 0 Å². The van der Waals surface area contributed by atoms with E-state index in [1.165, 1.54) is 5.56 Å². The van der Waals surface area contributed by atoms with Gasteiger partial charge in [-0.15, -0.1) is 12.4 Å². The summed E-state index contributed by atoms with van der Waals surface area (Å²) < 4.78 is 5.46. The highest BCUT2D eigenvalue weighted by Gasteiger charge is 2.04. The summed E-state index contributed by atoms with van der Waals surface area (Å²) in [5.41, 5.74) is 3.04. The summed E-state index contributed by atoms with van der Waals surface area (Å²) in [6.07, 6.45) is 2.60. The highest BCUT2D eigenvalue weighted by Crippen LogP contribution is 2.21. The zero-order valence-corrected chi connectivity index (χ0v) is 11.1. The highest BCUT2D eigenvalue weighted by atomic mass is 35.5. The average molecular weight is 276 g/mol. The first kappa shape index (κ1) is 13.6. The molecule has 0 atom stereocenters. The molecule has 3 aromatic rings. The maximum absolute atomic E-state index is 9.04. The van der Waals surface area contributed by atoms with Crippen LogP contribution in [0, 0.1) is 0 Å². The number of hydrogen-bond acceptors (Lipinski definition) is 3. The Morgan fingerprint density at radius 2 is 2.00 bits per heavy atom. The Hall–Kier alpha value is -1.84. The summed E-state index contributed by atoms with van der Waals surface area (Å²) in [5.74, 6) is 0.597. The van der Waals surface area contributed by atoms with Crippen LogP contribution in [-0.2, 0) is 13.0 Å². The van der Waals surface area contributed by atoms with Crippen molar-refractivity contribution in [1.29, 1.82) is 0 Å². The molecule has 1 N–H and O–H groups in total. The molecule has 0 aliphatic rings. The van der Waals surface area contributed by atoms with Gasteiger partial charge in [0.15, 0.2) is 0 Å². The number of rotatable bonds is 3. The van der Waals surface area contributed by atoms with Gasteiger partial charge in [-0.05, 0) is 35.9 Å². The SMILES string of the molecule is Cl.OCc1cc2cc(Cc3ccccn3)ccc2o1. The monoisotopic (exact) mass is 275 g/mol. The van der Waals surface area contributed by atoms with Crippen molar-refractivity contribution in [2.24, 2.45) is 0 Å². The number of halogens is 1. The number of fused-ring (bicyclic) bond motifs is 1. The van der Waals surface area contributed by atoms with E-state index in [9.17, 15) is 0 Å². The minimum Gasteiger partial charge on any atom is -0.459 e. The Balaban J connectivity index is 0.00000133. The molecule has 1 aromatic carbocycles. The van der Waals surface area contributed by atoms with Crippen molar-refractivity contribution < 1.29 is 9.52 Å². The van der Waals surface area contributed by atoms with E-state index in [1.54, 1.807) is 6.20 Å². The van der Waals surface area contributed by atoms with Gasteiger partial charge in [0, 0.05) is 23.7 Å². The Morgan fingerprint density at radius 1 is 1.11 bits per heavy atom. The first-order chi connectivity index (χ1) is 8.85. The molecule has 3 nitrogen and oxygen atoms in total. The number of aliphatic hydroxyl groups is 1. The third-order valence-corrected chi connectivity index (χ3v) is 2.90. The van der Waals surface area contributed by atoms with Crippen molar-refractivity contribution in [1.82, 2.24) is 4.98 Å². The predicted molar refractivity (Wildman–Crippen MR) is 76.4 cm³/mol. The van der Waals surface area contributed by atoms with Crippen LogP contribution in [-0.4, -0.2) is 10.1 Å². The standard InChI is InChI=1S/C15H13NO2.ClH/c17-10-14-9-12-7-11(4-5-15(12)18-14)8-13-3-1-2-6-16-13;/h1-7,9,17H,8,10H2;1H. The minimum atomic E-state index is -0.0652. The normalized spacial score (nSPS) is 10.4. The number of furan rings is 1. The van der Waals surface area contributed by atoms with Crippen molar-refractivity contribution >= 4 is 23.4 Å². The van der Waals surface area contributed by atoms with Crippen LogP contribution in [0.15, 0.2) is 53.1 Å². The van der Waals surface area contributed by atoms with E-state index in [1.807, 2.05) is 36.4 Å². The van der Waals surface area contributed by atoms with Gasteiger partial charge in [-0.1, -0.05) is 12.1 Å². The third kappa shape index (κ3) is 2.95. The van der Waals surface area contributed by atoms with E-state index in [-0.39, 0.29) is 19.0 Å². The van der Waals surface area contributed by atoms with E-state index in [2.05, 4.69) is 11.1 Å². The summed E-state index contributed by atoms with van der Waals surface area (Å²) in [5, 5.41) is 10.1. The van der Waals surface area contributed by atoms with Crippen molar-refractivity contribution in [2.75, 3.05) is 0 Å². The number of hydrogen-bond donors (Lipinski definition) is 1.